The number of nitrogens with one attached hydrogen (secondary N) is 1. The third-order valence-electron chi connectivity index (χ3n) is 10.6. The number of aryl methyl sites for hydroxylation is 2. The van der Waals surface area contributed by atoms with E-state index in [0.29, 0.717) is 35.7 Å². The Kier molecular flexibility index (Phi) is 10.9. The molecule has 60 heavy (non-hydrogen) atoms. The molecule has 0 spiro atoms. The van der Waals surface area contributed by atoms with Crippen molar-refractivity contribution < 1.29 is 32.2 Å². The smallest absolute Gasteiger partial charge is 0.416 e. The topological polar surface area (TPSA) is 149 Å². The van der Waals surface area contributed by atoms with Gasteiger partial charge in [-0.25, -0.2) is 9.97 Å². The molecule has 0 unspecified atom stereocenters. The van der Waals surface area contributed by atoms with E-state index in [0.717, 1.165) is 40.6 Å². The minimum Gasteiger partial charge on any atom is -0.493 e. The molecule has 0 atom stereocenters. The number of hydrogen-bond acceptors (Lipinski definition) is 10. The summed E-state index contributed by atoms with van der Waals surface area (Å²) in [4.78, 5) is 59.2. The SMILES string of the molecule is CCc1c(N2CCN(C(=O)c3ncnc(C)c3OCc3ccccc3)CC2)c(=O)n2nc(-c3cc4c(cc3C)OCC4)nc2n1CC(=O)Nc1ccc(C(F)(F)F)cc1Cl. The number of amides is 2. The Hall–Kier alpha value is -6.49. The van der Waals surface area contributed by atoms with E-state index in [4.69, 9.17) is 31.2 Å². The first-order chi connectivity index (χ1) is 28.8. The molecule has 1 saturated heterocycles. The summed E-state index contributed by atoms with van der Waals surface area (Å²) in [5.74, 6) is 0.452. The molecular weight excluding hydrogens is 803 g/mol. The van der Waals surface area contributed by atoms with Crippen LogP contribution in [0.15, 0.2) is 71.8 Å². The summed E-state index contributed by atoms with van der Waals surface area (Å²) < 4.78 is 54.6. The van der Waals surface area contributed by atoms with Crippen LogP contribution in [-0.2, 0) is 37.0 Å². The van der Waals surface area contributed by atoms with Crippen molar-refractivity contribution in [2.75, 3.05) is 43.0 Å². The maximum Gasteiger partial charge on any atom is 0.416 e. The maximum atomic E-state index is 14.6. The van der Waals surface area contributed by atoms with Crippen molar-refractivity contribution >= 4 is 40.6 Å². The van der Waals surface area contributed by atoms with Crippen molar-refractivity contribution in [1.29, 1.82) is 0 Å². The summed E-state index contributed by atoms with van der Waals surface area (Å²) in [5, 5.41) is 7.02. The van der Waals surface area contributed by atoms with E-state index in [9.17, 15) is 27.6 Å². The molecule has 3 aromatic heterocycles. The zero-order chi connectivity index (χ0) is 42.3. The van der Waals surface area contributed by atoms with Gasteiger partial charge in [-0.2, -0.15) is 22.7 Å². The third-order valence-corrected chi connectivity index (χ3v) is 10.9. The molecule has 8 rings (SSSR count). The first-order valence-electron chi connectivity index (χ1n) is 19.3. The van der Waals surface area contributed by atoms with Gasteiger partial charge in [0.1, 0.15) is 30.9 Å². The number of alkyl halides is 3. The second-order valence-corrected chi connectivity index (χ2v) is 14.9. The molecule has 2 aliphatic heterocycles. The number of fused-ring (bicyclic) bond motifs is 2. The molecule has 0 aliphatic carbocycles. The maximum absolute atomic E-state index is 14.6. The first-order valence-corrected chi connectivity index (χ1v) is 19.7. The highest BCUT2D eigenvalue weighted by atomic mass is 35.5. The Bertz CT molecular complexity index is 2700. The Morgan fingerprint density at radius 3 is 2.48 bits per heavy atom. The van der Waals surface area contributed by atoms with E-state index < -0.39 is 23.2 Å². The molecule has 0 bridgehead atoms. The predicted molar refractivity (Wildman–Crippen MR) is 217 cm³/mol. The van der Waals surface area contributed by atoms with Crippen molar-refractivity contribution in [1.82, 2.24) is 34.0 Å². The van der Waals surface area contributed by atoms with Gasteiger partial charge >= 0.3 is 6.18 Å². The monoisotopic (exact) mass is 841 g/mol. The van der Waals surface area contributed by atoms with Crippen LogP contribution in [0.1, 0.15) is 51.1 Å². The molecule has 18 heteroatoms. The van der Waals surface area contributed by atoms with Gasteiger partial charge in [0, 0.05) is 38.2 Å². The molecular formula is C42H39ClF3N9O5. The number of carbonyl (C=O) groups is 2. The van der Waals surface area contributed by atoms with E-state index in [1.54, 1.807) is 16.4 Å². The number of ether oxygens (including phenoxy) is 2. The normalized spacial score (nSPS) is 14.0. The highest BCUT2D eigenvalue weighted by Crippen LogP contribution is 2.35. The highest BCUT2D eigenvalue weighted by Gasteiger charge is 2.33. The van der Waals surface area contributed by atoms with Crippen molar-refractivity contribution in [3.8, 4) is 22.9 Å². The Morgan fingerprint density at radius 2 is 1.77 bits per heavy atom. The van der Waals surface area contributed by atoms with Gasteiger partial charge in [-0.1, -0.05) is 48.9 Å². The number of nitrogens with zero attached hydrogens (tertiary/aromatic N) is 8. The van der Waals surface area contributed by atoms with Gasteiger partial charge in [0.2, 0.25) is 11.7 Å². The third kappa shape index (κ3) is 7.84. The Morgan fingerprint density at radius 1 is 1.00 bits per heavy atom. The number of anilines is 2. The predicted octanol–water partition coefficient (Wildman–Crippen LogP) is 6.31. The van der Waals surface area contributed by atoms with Gasteiger partial charge in [0.25, 0.3) is 11.5 Å². The van der Waals surface area contributed by atoms with Crippen LogP contribution in [-0.4, -0.2) is 78.6 Å². The molecule has 1 N–H and O–H groups in total. The van der Waals surface area contributed by atoms with Gasteiger partial charge in [0.05, 0.1) is 34.3 Å². The van der Waals surface area contributed by atoms with Gasteiger partial charge in [0.15, 0.2) is 17.3 Å². The van der Waals surface area contributed by atoms with E-state index in [-0.39, 0.29) is 85.4 Å². The first kappa shape index (κ1) is 40.3. The van der Waals surface area contributed by atoms with E-state index in [2.05, 4.69) is 15.3 Å². The summed E-state index contributed by atoms with van der Waals surface area (Å²) in [5.41, 5.74) is 3.37. The molecule has 0 saturated carbocycles. The fourth-order valence-electron chi connectivity index (χ4n) is 7.54. The molecule has 2 amide bonds. The number of piperazine rings is 1. The number of aromatic nitrogens is 6. The lowest BCUT2D eigenvalue weighted by Gasteiger charge is -2.36. The van der Waals surface area contributed by atoms with Crippen molar-refractivity contribution in [3.05, 3.63) is 122 Å². The van der Waals surface area contributed by atoms with Gasteiger partial charge in [-0.3, -0.25) is 14.4 Å². The van der Waals surface area contributed by atoms with Gasteiger partial charge in [-0.05, 0) is 67.3 Å². The largest absolute Gasteiger partial charge is 0.493 e. The Balaban J connectivity index is 1.12. The van der Waals surface area contributed by atoms with Crippen LogP contribution >= 0.6 is 11.6 Å². The highest BCUT2D eigenvalue weighted by molar-refractivity contribution is 6.33. The quantitative estimate of drug-likeness (QED) is 0.166. The molecule has 2 aliphatic rings. The Labute approximate surface area is 346 Å². The fraction of sp³-hybridized carbons (Fsp3) is 0.310. The minimum atomic E-state index is -4.62. The lowest BCUT2D eigenvalue weighted by molar-refractivity contribution is -0.137. The van der Waals surface area contributed by atoms with Gasteiger partial charge < -0.3 is 29.2 Å². The second-order valence-electron chi connectivity index (χ2n) is 14.5. The molecule has 1 fully saturated rings. The van der Waals surface area contributed by atoms with Crippen LogP contribution in [0, 0.1) is 13.8 Å². The zero-order valence-electron chi connectivity index (χ0n) is 32.8. The molecule has 3 aromatic carbocycles. The van der Waals surface area contributed by atoms with Crippen molar-refractivity contribution in [2.24, 2.45) is 0 Å². The fourth-order valence-corrected chi connectivity index (χ4v) is 7.76. The number of halogens is 4. The van der Waals surface area contributed by atoms with Crippen LogP contribution in [0.3, 0.4) is 0 Å². The van der Waals surface area contributed by atoms with Crippen LogP contribution in [0.25, 0.3) is 17.2 Å². The van der Waals surface area contributed by atoms with Crippen LogP contribution in [0.4, 0.5) is 24.5 Å². The number of carbonyl (C=O) groups excluding carboxylic acids is 2. The minimum absolute atomic E-state index is 0.0172. The summed E-state index contributed by atoms with van der Waals surface area (Å²) in [7, 11) is 0. The second kappa shape index (κ2) is 16.3. The zero-order valence-corrected chi connectivity index (χ0v) is 33.6. The van der Waals surface area contributed by atoms with E-state index in [1.165, 1.54) is 10.8 Å². The van der Waals surface area contributed by atoms with E-state index in [1.807, 2.05) is 61.2 Å². The lowest BCUT2D eigenvalue weighted by atomic mass is 10.0. The lowest BCUT2D eigenvalue weighted by Crippen LogP contribution is -2.51. The average molecular weight is 842 g/mol. The average Bonchev–Trinajstić information content (AvgIpc) is 3.89. The standard InChI is InChI=1S/C42H39ClF3N9O5/c1-4-32-36(52-13-15-53(16-14-52)39(57)35-37(25(3)47-23-48-35)60-22-26-8-6-5-7-9-26)40(58)55-41(50-38(51-55)29-19-27-12-17-59-33(27)18-24(29)2)54(32)21-34(56)49-31-11-10-28(20-30(31)43)42(44,45)46/h5-11,18-20,23H,4,12-17,21-22H2,1-3H3,(H,49,56). The van der Waals surface area contributed by atoms with E-state index >= 15 is 0 Å². The van der Waals surface area contributed by atoms with Crippen LogP contribution in [0.5, 0.6) is 11.5 Å². The number of rotatable bonds is 10. The summed E-state index contributed by atoms with van der Waals surface area (Å²) >= 11 is 6.19. The summed E-state index contributed by atoms with van der Waals surface area (Å²) in [6.45, 7) is 6.82. The van der Waals surface area contributed by atoms with Crippen LogP contribution in [0.2, 0.25) is 5.02 Å². The molecule has 6 aromatic rings. The molecule has 14 nitrogen and oxygen atoms in total. The summed E-state index contributed by atoms with van der Waals surface area (Å²) in [6, 6.07) is 16.0. The number of benzene rings is 3. The summed E-state index contributed by atoms with van der Waals surface area (Å²) in [6.07, 6.45) is -2.31. The van der Waals surface area contributed by atoms with Gasteiger partial charge in [-0.15, -0.1) is 5.10 Å². The molecule has 310 valence electrons. The van der Waals surface area contributed by atoms with Crippen molar-refractivity contribution in [3.63, 3.8) is 0 Å². The van der Waals surface area contributed by atoms with Crippen molar-refractivity contribution in [2.45, 2.75) is 52.9 Å². The number of hydrogen-bond donors (Lipinski definition) is 1. The molecule has 5 heterocycles. The van der Waals surface area contributed by atoms with Crippen LogP contribution < -0.4 is 25.2 Å². The molecule has 0 radical (unpaired) electrons.